The summed E-state index contributed by atoms with van der Waals surface area (Å²) in [6, 6.07) is 5.92. The predicted octanol–water partition coefficient (Wildman–Crippen LogP) is 0.607. The van der Waals surface area contributed by atoms with E-state index in [0.717, 1.165) is 6.54 Å². The third-order valence-electron chi connectivity index (χ3n) is 2.82. The molecule has 0 radical (unpaired) electrons. The minimum absolute atomic E-state index is 0.136. The Hall–Kier alpha value is -0.980. The van der Waals surface area contributed by atoms with Crippen LogP contribution < -0.4 is 10.0 Å². The van der Waals surface area contributed by atoms with Crippen molar-refractivity contribution in [1.29, 1.82) is 0 Å². The van der Waals surface area contributed by atoms with Crippen LogP contribution in [-0.2, 0) is 16.6 Å². The Morgan fingerprint density at radius 2 is 2.29 bits per heavy atom. The standard InChI is InChI=1S/C11H15FN2O2S/c12-10-3-1-2-9(6-10)7-14-17(15,16)11-4-5-13-8-11/h1-3,6,11,13-14H,4-5,7-8H2. The highest BCUT2D eigenvalue weighted by atomic mass is 32.2. The molecule has 1 unspecified atom stereocenters. The SMILES string of the molecule is O=S(=O)(NCc1cccc(F)c1)C1CCNC1. The summed E-state index contributed by atoms with van der Waals surface area (Å²) in [6.45, 7) is 1.35. The monoisotopic (exact) mass is 258 g/mol. The van der Waals surface area contributed by atoms with Crippen molar-refractivity contribution in [1.82, 2.24) is 10.0 Å². The van der Waals surface area contributed by atoms with Crippen LogP contribution in [0.5, 0.6) is 0 Å². The lowest BCUT2D eigenvalue weighted by Gasteiger charge is -2.11. The molecule has 0 aromatic heterocycles. The Bertz CT molecular complexity index is 484. The summed E-state index contributed by atoms with van der Waals surface area (Å²) in [5.41, 5.74) is 0.625. The predicted molar refractivity (Wildman–Crippen MR) is 63.4 cm³/mol. The zero-order valence-electron chi connectivity index (χ0n) is 9.32. The fraction of sp³-hybridized carbons (Fsp3) is 0.455. The van der Waals surface area contributed by atoms with E-state index in [1.807, 2.05) is 0 Å². The number of hydrogen-bond acceptors (Lipinski definition) is 3. The van der Waals surface area contributed by atoms with Gasteiger partial charge in [-0.05, 0) is 30.7 Å². The molecule has 0 aliphatic carbocycles. The minimum Gasteiger partial charge on any atom is -0.315 e. The van der Waals surface area contributed by atoms with Gasteiger partial charge in [0.15, 0.2) is 0 Å². The van der Waals surface area contributed by atoms with Crippen LogP contribution in [-0.4, -0.2) is 26.8 Å². The van der Waals surface area contributed by atoms with Crippen LogP contribution in [0.3, 0.4) is 0 Å². The molecule has 1 aromatic carbocycles. The maximum absolute atomic E-state index is 12.9. The van der Waals surface area contributed by atoms with Crippen molar-refractivity contribution in [3.63, 3.8) is 0 Å². The number of benzene rings is 1. The summed E-state index contributed by atoms with van der Waals surface area (Å²) < 4.78 is 39.1. The van der Waals surface area contributed by atoms with Crippen LogP contribution in [0.4, 0.5) is 4.39 Å². The molecule has 0 saturated carbocycles. The average molecular weight is 258 g/mol. The van der Waals surface area contributed by atoms with Gasteiger partial charge in [0.25, 0.3) is 0 Å². The second-order valence-corrected chi connectivity index (χ2v) is 6.16. The zero-order chi connectivity index (χ0) is 12.3. The first kappa shape index (κ1) is 12.5. The van der Waals surface area contributed by atoms with E-state index in [4.69, 9.17) is 0 Å². The maximum Gasteiger partial charge on any atom is 0.216 e. The molecule has 17 heavy (non-hydrogen) atoms. The molecular formula is C11H15FN2O2S. The normalized spacial score (nSPS) is 20.6. The van der Waals surface area contributed by atoms with Gasteiger partial charge in [0.1, 0.15) is 5.82 Å². The van der Waals surface area contributed by atoms with Gasteiger partial charge in [-0.3, -0.25) is 0 Å². The highest BCUT2D eigenvalue weighted by Crippen LogP contribution is 2.10. The Labute approximate surface area is 100 Å². The molecule has 2 N–H and O–H groups in total. The molecule has 6 heteroatoms. The van der Waals surface area contributed by atoms with Gasteiger partial charge in [0.05, 0.1) is 5.25 Å². The third kappa shape index (κ3) is 3.24. The van der Waals surface area contributed by atoms with Crippen LogP contribution in [0.15, 0.2) is 24.3 Å². The largest absolute Gasteiger partial charge is 0.315 e. The smallest absolute Gasteiger partial charge is 0.216 e. The van der Waals surface area contributed by atoms with Gasteiger partial charge >= 0.3 is 0 Å². The molecule has 0 bridgehead atoms. The molecule has 2 rings (SSSR count). The molecule has 1 fully saturated rings. The van der Waals surface area contributed by atoms with E-state index < -0.39 is 10.0 Å². The first-order chi connectivity index (χ1) is 8.08. The summed E-state index contributed by atoms with van der Waals surface area (Å²) in [5.74, 6) is -0.357. The third-order valence-corrected chi connectivity index (χ3v) is 4.65. The lowest BCUT2D eigenvalue weighted by atomic mass is 10.2. The maximum atomic E-state index is 12.9. The minimum atomic E-state index is -3.31. The number of nitrogens with one attached hydrogen (secondary N) is 2. The van der Waals surface area contributed by atoms with Gasteiger partial charge in [0.2, 0.25) is 10.0 Å². The quantitative estimate of drug-likeness (QED) is 0.832. The molecular weight excluding hydrogens is 243 g/mol. The zero-order valence-corrected chi connectivity index (χ0v) is 10.1. The van der Waals surface area contributed by atoms with Gasteiger partial charge in [-0.25, -0.2) is 17.5 Å². The van der Waals surface area contributed by atoms with E-state index in [9.17, 15) is 12.8 Å². The topological polar surface area (TPSA) is 58.2 Å². The summed E-state index contributed by atoms with van der Waals surface area (Å²) in [6.07, 6.45) is 0.623. The van der Waals surface area contributed by atoms with Crippen LogP contribution in [0, 0.1) is 5.82 Å². The van der Waals surface area contributed by atoms with Crippen LogP contribution in [0.2, 0.25) is 0 Å². The van der Waals surface area contributed by atoms with E-state index in [1.54, 1.807) is 12.1 Å². The van der Waals surface area contributed by atoms with Crippen molar-refractivity contribution in [2.45, 2.75) is 18.2 Å². The van der Waals surface area contributed by atoms with Gasteiger partial charge in [-0.15, -0.1) is 0 Å². The Kier molecular flexibility index (Phi) is 3.76. The molecule has 1 aliphatic heterocycles. The van der Waals surface area contributed by atoms with Crippen molar-refractivity contribution < 1.29 is 12.8 Å². The van der Waals surface area contributed by atoms with Crippen molar-refractivity contribution in [3.8, 4) is 0 Å². The summed E-state index contributed by atoms with van der Waals surface area (Å²) in [7, 11) is -3.31. The molecule has 1 atom stereocenters. The van der Waals surface area contributed by atoms with Gasteiger partial charge in [0, 0.05) is 13.1 Å². The van der Waals surface area contributed by atoms with Gasteiger partial charge < -0.3 is 5.32 Å². The van der Waals surface area contributed by atoms with Crippen LogP contribution in [0.25, 0.3) is 0 Å². The first-order valence-corrected chi connectivity index (χ1v) is 7.06. The van der Waals surface area contributed by atoms with Crippen LogP contribution >= 0.6 is 0 Å². The number of halogens is 1. The van der Waals surface area contributed by atoms with E-state index in [2.05, 4.69) is 10.0 Å². The molecule has 1 heterocycles. The van der Waals surface area contributed by atoms with Crippen molar-refractivity contribution in [2.75, 3.05) is 13.1 Å². The lowest BCUT2D eigenvalue weighted by Crippen LogP contribution is -2.35. The van der Waals surface area contributed by atoms with E-state index in [1.165, 1.54) is 12.1 Å². The van der Waals surface area contributed by atoms with E-state index in [0.29, 0.717) is 18.5 Å². The first-order valence-electron chi connectivity index (χ1n) is 5.51. The fourth-order valence-corrected chi connectivity index (χ4v) is 3.21. The van der Waals surface area contributed by atoms with Gasteiger partial charge in [-0.2, -0.15) is 0 Å². The van der Waals surface area contributed by atoms with Gasteiger partial charge in [-0.1, -0.05) is 12.1 Å². The van der Waals surface area contributed by atoms with E-state index >= 15 is 0 Å². The number of sulfonamides is 1. The number of hydrogen-bond donors (Lipinski definition) is 2. The summed E-state index contributed by atoms with van der Waals surface area (Å²) in [5, 5.41) is 2.63. The molecule has 1 aromatic rings. The van der Waals surface area contributed by atoms with Crippen molar-refractivity contribution in [3.05, 3.63) is 35.6 Å². The fourth-order valence-electron chi connectivity index (χ4n) is 1.84. The molecule has 94 valence electrons. The van der Waals surface area contributed by atoms with Crippen molar-refractivity contribution in [2.24, 2.45) is 0 Å². The summed E-state index contributed by atoms with van der Waals surface area (Å²) in [4.78, 5) is 0. The molecule has 1 aliphatic rings. The Morgan fingerprint density at radius 3 is 2.94 bits per heavy atom. The second-order valence-electron chi connectivity index (χ2n) is 4.11. The number of rotatable bonds is 4. The molecule has 4 nitrogen and oxygen atoms in total. The lowest BCUT2D eigenvalue weighted by molar-refractivity contribution is 0.567. The average Bonchev–Trinajstić information content (AvgIpc) is 2.81. The molecule has 0 amide bonds. The highest BCUT2D eigenvalue weighted by Gasteiger charge is 2.27. The van der Waals surface area contributed by atoms with Crippen LogP contribution in [0.1, 0.15) is 12.0 Å². The van der Waals surface area contributed by atoms with E-state index in [-0.39, 0.29) is 17.6 Å². The highest BCUT2D eigenvalue weighted by molar-refractivity contribution is 7.90. The molecule has 1 saturated heterocycles. The Morgan fingerprint density at radius 1 is 1.47 bits per heavy atom. The summed E-state index contributed by atoms with van der Waals surface area (Å²) >= 11 is 0. The Balaban J connectivity index is 1.97. The molecule has 0 spiro atoms. The second kappa shape index (κ2) is 5.12. The van der Waals surface area contributed by atoms with Crippen molar-refractivity contribution >= 4 is 10.0 Å².